The summed E-state index contributed by atoms with van der Waals surface area (Å²) in [7, 11) is 1.60. The molecule has 6 heteroatoms. The van der Waals surface area contributed by atoms with Crippen molar-refractivity contribution in [3.63, 3.8) is 0 Å². The van der Waals surface area contributed by atoms with Gasteiger partial charge in [-0.3, -0.25) is 0 Å². The average Bonchev–Trinajstić information content (AvgIpc) is 3.14. The first-order valence-electron chi connectivity index (χ1n) is 6.83. The van der Waals surface area contributed by atoms with E-state index in [1.807, 2.05) is 40.9 Å². The molecule has 0 bridgehead atoms. The lowest BCUT2D eigenvalue weighted by molar-refractivity contribution is 0.0387. The van der Waals surface area contributed by atoms with Gasteiger partial charge in [0, 0.05) is 30.1 Å². The van der Waals surface area contributed by atoms with E-state index in [-0.39, 0.29) is 5.97 Å². The van der Waals surface area contributed by atoms with Crippen molar-refractivity contribution in [1.82, 2.24) is 4.57 Å². The summed E-state index contributed by atoms with van der Waals surface area (Å²) in [6, 6.07) is 3.93. The highest BCUT2D eigenvalue weighted by molar-refractivity contribution is 7.98. The SMILES string of the molecule is COCCOC(=O)c1c(-n2cccc2)sc2c1CCSC2. The molecule has 2 aromatic rings. The van der Waals surface area contributed by atoms with E-state index >= 15 is 0 Å². The van der Waals surface area contributed by atoms with Gasteiger partial charge in [0.15, 0.2) is 0 Å². The van der Waals surface area contributed by atoms with Crippen LogP contribution in [0.1, 0.15) is 20.8 Å². The van der Waals surface area contributed by atoms with Gasteiger partial charge in [0.2, 0.25) is 0 Å². The molecule has 0 atom stereocenters. The molecule has 0 amide bonds. The van der Waals surface area contributed by atoms with Crippen LogP contribution in [0.5, 0.6) is 0 Å². The number of thioether (sulfide) groups is 1. The number of esters is 1. The molecule has 0 aliphatic carbocycles. The second kappa shape index (κ2) is 6.68. The molecule has 3 rings (SSSR count). The van der Waals surface area contributed by atoms with Crippen LogP contribution in [0.4, 0.5) is 0 Å². The number of ether oxygens (including phenoxy) is 2. The van der Waals surface area contributed by atoms with E-state index in [2.05, 4.69) is 0 Å². The monoisotopic (exact) mass is 323 g/mol. The Kier molecular flexibility index (Phi) is 4.67. The molecule has 0 N–H and O–H groups in total. The molecule has 0 aromatic carbocycles. The van der Waals surface area contributed by atoms with Gasteiger partial charge < -0.3 is 14.0 Å². The molecule has 0 saturated heterocycles. The largest absolute Gasteiger partial charge is 0.460 e. The van der Waals surface area contributed by atoms with Gasteiger partial charge in [-0.1, -0.05) is 0 Å². The van der Waals surface area contributed by atoms with E-state index in [9.17, 15) is 4.79 Å². The van der Waals surface area contributed by atoms with Crippen LogP contribution in [0.2, 0.25) is 0 Å². The number of rotatable bonds is 5. The molecule has 4 nitrogen and oxygen atoms in total. The maximum atomic E-state index is 12.5. The normalized spacial score (nSPS) is 14.0. The van der Waals surface area contributed by atoms with E-state index in [1.54, 1.807) is 18.4 Å². The predicted octanol–water partition coefficient (Wildman–Crippen LogP) is 3.13. The molecule has 21 heavy (non-hydrogen) atoms. The van der Waals surface area contributed by atoms with Crippen LogP contribution in [0.3, 0.4) is 0 Å². The van der Waals surface area contributed by atoms with Gasteiger partial charge in [-0.15, -0.1) is 11.3 Å². The molecular formula is C15H17NO3S2. The van der Waals surface area contributed by atoms with Crippen molar-refractivity contribution in [2.75, 3.05) is 26.1 Å². The Hall–Kier alpha value is -1.24. The molecule has 0 spiro atoms. The third-order valence-electron chi connectivity index (χ3n) is 3.37. The van der Waals surface area contributed by atoms with Gasteiger partial charge >= 0.3 is 5.97 Å². The van der Waals surface area contributed by atoms with Gasteiger partial charge in [-0.2, -0.15) is 11.8 Å². The summed E-state index contributed by atoms with van der Waals surface area (Å²) in [5.41, 5.74) is 1.91. The molecule has 1 aliphatic rings. The number of fused-ring (bicyclic) bond motifs is 1. The summed E-state index contributed by atoms with van der Waals surface area (Å²) in [5.74, 6) is 1.81. The summed E-state index contributed by atoms with van der Waals surface area (Å²) in [6.07, 6.45) is 4.87. The lowest BCUT2D eigenvalue weighted by Gasteiger charge is -2.12. The topological polar surface area (TPSA) is 40.5 Å². The lowest BCUT2D eigenvalue weighted by atomic mass is 10.1. The number of thiophene rings is 1. The highest BCUT2D eigenvalue weighted by Crippen LogP contribution is 2.38. The van der Waals surface area contributed by atoms with Crippen LogP contribution >= 0.6 is 23.1 Å². The van der Waals surface area contributed by atoms with Crippen molar-refractivity contribution in [2.45, 2.75) is 12.2 Å². The molecule has 0 unspecified atom stereocenters. The fourth-order valence-electron chi connectivity index (χ4n) is 2.37. The smallest absolute Gasteiger partial charge is 0.341 e. The van der Waals surface area contributed by atoms with E-state index < -0.39 is 0 Å². The average molecular weight is 323 g/mol. The van der Waals surface area contributed by atoms with Crippen LogP contribution in [0.15, 0.2) is 24.5 Å². The highest BCUT2D eigenvalue weighted by Gasteiger charge is 2.27. The third-order valence-corrected chi connectivity index (χ3v) is 5.78. The number of carbonyl (C=O) groups is 1. The summed E-state index contributed by atoms with van der Waals surface area (Å²) >= 11 is 3.62. The first-order chi connectivity index (χ1) is 10.3. The van der Waals surface area contributed by atoms with E-state index in [1.165, 1.54) is 10.4 Å². The Morgan fingerprint density at radius 3 is 2.90 bits per heavy atom. The number of nitrogens with zero attached hydrogens (tertiary/aromatic N) is 1. The minimum atomic E-state index is -0.236. The maximum absolute atomic E-state index is 12.5. The van der Waals surface area contributed by atoms with Gasteiger partial charge in [0.25, 0.3) is 0 Å². The number of hydrogen-bond donors (Lipinski definition) is 0. The van der Waals surface area contributed by atoms with E-state index in [4.69, 9.17) is 9.47 Å². The van der Waals surface area contributed by atoms with Crippen LogP contribution in [0, 0.1) is 0 Å². The molecule has 1 aliphatic heterocycles. The molecule has 2 aromatic heterocycles. The number of hydrogen-bond acceptors (Lipinski definition) is 5. The van der Waals surface area contributed by atoms with Crippen molar-refractivity contribution >= 4 is 29.1 Å². The number of carbonyl (C=O) groups excluding carboxylic acids is 1. The van der Waals surface area contributed by atoms with Gasteiger partial charge in [0.05, 0.1) is 12.2 Å². The molecular weight excluding hydrogens is 306 g/mol. The van der Waals surface area contributed by atoms with Crippen LogP contribution in [0.25, 0.3) is 5.00 Å². The van der Waals surface area contributed by atoms with Crippen molar-refractivity contribution in [2.24, 2.45) is 0 Å². The first kappa shape index (κ1) is 14.7. The van der Waals surface area contributed by atoms with Crippen molar-refractivity contribution in [3.8, 4) is 5.00 Å². The Labute approximate surface area is 132 Å². The minimum absolute atomic E-state index is 0.236. The second-order valence-corrected chi connectivity index (χ2v) is 6.89. The van der Waals surface area contributed by atoms with Crippen molar-refractivity contribution < 1.29 is 14.3 Å². The van der Waals surface area contributed by atoms with Gasteiger partial charge in [-0.25, -0.2) is 4.79 Å². The molecule has 112 valence electrons. The van der Waals surface area contributed by atoms with Crippen molar-refractivity contribution in [1.29, 1.82) is 0 Å². The highest BCUT2D eigenvalue weighted by atomic mass is 32.2. The molecule has 0 saturated carbocycles. The lowest BCUT2D eigenvalue weighted by Crippen LogP contribution is -2.14. The van der Waals surface area contributed by atoms with E-state index in [0.29, 0.717) is 13.2 Å². The molecule has 3 heterocycles. The fourth-order valence-corrected chi connectivity index (χ4v) is 4.80. The quantitative estimate of drug-likeness (QED) is 0.626. The fraction of sp³-hybridized carbons (Fsp3) is 0.400. The summed E-state index contributed by atoms with van der Waals surface area (Å²) in [4.78, 5) is 13.8. The van der Waals surface area contributed by atoms with Crippen molar-refractivity contribution in [3.05, 3.63) is 40.5 Å². The van der Waals surface area contributed by atoms with Gasteiger partial charge in [0.1, 0.15) is 11.6 Å². The second-order valence-electron chi connectivity index (χ2n) is 4.71. The van der Waals surface area contributed by atoms with Gasteiger partial charge in [-0.05, 0) is 29.9 Å². The number of aromatic nitrogens is 1. The molecule has 0 fully saturated rings. The summed E-state index contributed by atoms with van der Waals surface area (Å²) in [5, 5.41) is 0.968. The van der Waals surface area contributed by atoms with E-state index in [0.717, 1.165) is 28.5 Å². The van der Waals surface area contributed by atoms with Crippen LogP contribution in [-0.2, 0) is 21.6 Å². The Balaban J connectivity index is 1.96. The first-order valence-corrected chi connectivity index (χ1v) is 8.80. The van der Waals surface area contributed by atoms with Crippen LogP contribution in [-0.4, -0.2) is 36.6 Å². The Morgan fingerprint density at radius 1 is 1.33 bits per heavy atom. The Morgan fingerprint density at radius 2 is 2.14 bits per heavy atom. The van der Waals surface area contributed by atoms with Crippen LogP contribution < -0.4 is 0 Å². The summed E-state index contributed by atoms with van der Waals surface area (Å²) < 4.78 is 12.3. The predicted molar refractivity (Wildman–Crippen MR) is 85.7 cm³/mol. The maximum Gasteiger partial charge on any atom is 0.341 e. The zero-order valence-corrected chi connectivity index (χ0v) is 13.5. The third kappa shape index (κ3) is 3.02. The summed E-state index contributed by atoms with van der Waals surface area (Å²) in [6.45, 7) is 0.715. The standard InChI is InChI=1S/C15H17NO3S2/c1-18-7-8-19-15(17)13-11-4-9-20-10-12(11)21-14(13)16-5-2-3-6-16/h2-3,5-6H,4,7-10H2,1H3. The Bertz CT molecular complexity index is 619. The number of methoxy groups -OCH3 is 1. The zero-order valence-electron chi connectivity index (χ0n) is 11.8. The zero-order chi connectivity index (χ0) is 14.7. The minimum Gasteiger partial charge on any atom is -0.460 e. The molecule has 0 radical (unpaired) electrons.